The molecule has 0 radical (unpaired) electrons. The number of nitrogens with one attached hydrogen (secondary N) is 1. The Morgan fingerprint density at radius 2 is 1.76 bits per heavy atom. The van der Waals surface area contributed by atoms with Gasteiger partial charge in [-0.15, -0.1) is 0 Å². The van der Waals surface area contributed by atoms with Gasteiger partial charge in [0.2, 0.25) is 0 Å². The first-order valence-electron chi connectivity index (χ1n) is 14.1. The summed E-state index contributed by atoms with van der Waals surface area (Å²) < 4.78 is 16.0. The lowest BCUT2D eigenvalue weighted by Crippen LogP contribution is -2.58. The summed E-state index contributed by atoms with van der Waals surface area (Å²) >= 11 is 0. The van der Waals surface area contributed by atoms with Gasteiger partial charge >= 0.3 is 0 Å². The topological polar surface area (TPSA) is 54.0 Å². The molecule has 4 fully saturated rings. The van der Waals surface area contributed by atoms with Crippen LogP contribution < -0.4 is 5.32 Å². The molecule has 37 heavy (non-hydrogen) atoms. The minimum absolute atomic E-state index is 0.0606. The number of benzene rings is 2. The highest BCUT2D eigenvalue weighted by Gasteiger charge is 2.88. The van der Waals surface area contributed by atoms with Gasteiger partial charge in [0.05, 0.1) is 5.41 Å². The molecular weight excluding hydrogens is 495 g/mol. The third kappa shape index (κ3) is 4.10. The second kappa shape index (κ2) is 9.23. The monoisotopic (exact) mass is 538 g/mol. The first-order chi connectivity index (χ1) is 17.6. The van der Waals surface area contributed by atoms with E-state index in [1.807, 2.05) is 6.07 Å². The zero-order valence-corrected chi connectivity index (χ0v) is 24.9. The molecule has 5 atom stereocenters. The highest BCUT2D eigenvalue weighted by atomic mass is 31.0. The second-order valence-corrected chi connectivity index (χ2v) is 18.0. The van der Waals surface area contributed by atoms with Crippen molar-refractivity contribution in [2.24, 2.45) is 5.92 Å². The Kier molecular flexibility index (Phi) is 6.52. The Labute approximate surface area is 225 Å². The molecule has 2 N–H and O–H groups in total. The number of ether oxygens (including phenoxy) is 2. The summed E-state index contributed by atoms with van der Waals surface area (Å²) in [6.07, 6.45) is 5.26. The van der Waals surface area contributed by atoms with Crippen LogP contribution in [-0.4, -0.2) is 48.7 Å². The Morgan fingerprint density at radius 3 is 2.43 bits per heavy atom. The number of aryl methyl sites for hydroxylation is 1. The predicted molar refractivity (Wildman–Crippen MR) is 154 cm³/mol. The molecule has 0 aromatic heterocycles. The largest absolute Gasteiger partial charge is 0.432 e. The van der Waals surface area contributed by atoms with Gasteiger partial charge < -0.3 is 19.6 Å². The van der Waals surface area contributed by atoms with Crippen LogP contribution >= 0.6 is 9.39 Å². The quantitative estimate of drug-likeness (QED) is 0.263. The van der Waals surface area contributed by atoms with E-state index in [0.717, 1.165) is 50.8 Å². The minimum atomic E-state index is -2.13. The van der Waals surface area contributed by atoms with Crippen LogP contribution in [0.15, 0.2) is 54.6 Å². The number of rotatable bonds is 8. The van der Waals surface area contributed by atoms with Crippen molar-refractivity contribution in [1.82, 2.24) is 9.99 Å². The van der Waals surface area contributed by atoms with Crippen LogP contribution in [0.2, 0.25) is 18.1 Å². The van der Waals surface area contributed by atoms with E-state index in [1.165, 1.54) is 11.1 Å². The van der Waals surface area contributed by atoms with Crippen LogP contribution in [0, 0.1) is 5.92 Å². The third-order valence-electron chi connectivity index (χ3n) is 10.2. The molecule has 5 nitrogen and oxygen atoms in total. The van der Waals surface area contributed by atoms with Gasteiger partial charge in [0, 0.05) is 36.7 Å². The van der Waals surface area contributed by atoms with Gasteiger partial charge in [-0.1, -0.05) is 84.3 Å². The summed E-state index contributed by atoms with van der Waals surface area (Å²) in [5.41, 5.74) is 3.79. The molecule has 3 saturated heterocycles. The second-order valence-electron chi connectivity index (χ2n) is 13.0. The maximum absolute atomic E-state index is 10.6. The molecule has 2 aromatic rings. The van der Waals surface area contributed by atoms with E-state index < -0.39 is 14.1 Å². The molecule has 6 rings (SSSR count). The Morgan fingerprint density at radius 1 is 1.05 bits per heavy atom. The highest BCUT2D eigenvalue weighted by Crippen LogP contribution is 2.78. The average Bonchev–Trinajstić information content (AvgIpc) is 3.44. The van der Waals surface area contributed by atoms with Gasteiger partial charge in [-0.2, -0.15) is 0 Å². The van der Waals surface area contributed by atoms with E-state index in [4.69, 9.17) is 9.47 Å². The lowest BCUT2D eigenvalue weighted by Gasteiger charge is -2.45. The molecule has 0 amide bonds. The summed E-state index contributed by atoms with van der Waals surface area (Å²) in [7, 11) is 0.871. The zero-order valence-electron chi connectivity index (χ0n) is 22.7. The third-order valence-corrected chi connectivity index (χ3v) is 14.6. The molecule has 1 spiro atoms. The Bertz CT molecular complexity index is 1120. The lowest BCUT2D eigenvalue weighted by molar-refractivity contribution is -0.425. The van der Waals surface area contributed by atoms with Crippen molar-refractivity contribution in [3.8, 4) is 0 Å². The fourth-order valence-electron chi connectivity index (χ4n) is 7.17. The number of hydrogen-bond donors (Lipinski definition) is 2. The number of piperidine rings is 1. The van der Waals surface area contributed by atoms with Gasteiger partial charge in [0.25, 0.3) is 0 Å². The molecule has 3 aliphatic heterocycles. The van der Waals surface area contributed by atoms with Crippen molar-refractivity contribution in [2.75, 3.05) is 13.1 Å². The van der Waals surface area contributed by atoms with Gasteiger partial charge in [-0.05, 0) is 54.9 Å². The van der Waals surface area contributed by atoms with Crippen molar-refractivity contribution < 1.29 is 14.3 Å². The van der Waals surface area contributed by atoms with Crippen molar-refractivity contribution in [2.45, 2.75) is 93.7 Å². The standard InChI is InChI=1S/C30H43N2O3PSi/c1-28(2,37(3,4)33)17-9-8-10-21-13-15-23(16-14-21)29-18-24-19-31-20-25(32(24)36)26(29)30(29)34-27(35-30)22-11-6-5-7-12-22/h5-7,11-16,24-27,31,33H,8-10,17-20,36H2,1-4H3. The highest BCUT2D eigenvalue weighted by molar-refractivity contribution is 7.13. The Balaban J connectivity index is 1.18. The number of piperazine rings is 1. The summed E-state index contributed by atoms with van der Waals surface area (Å²) in [6.45, 7) is 10.6. The van der Waals surface area contributed by atoms with Crippen LogP contribution in [0.3, 0.4) is 0 Å². The maximum Gasteiger partial charge on any atom is 0.190 e. The minimum Gasteiger partial charge on any atom is -0.432 e. The Hall–Kier alpha value is -1.11. The average molecular weight is 539 g/mol. The summed E-state index contributed by atoms with van der Waals surface area (Å²) in [5.74, 6) is -0.206. The zero-order chi connectivity index (χ0) is 26.1. The molecule has 3 heterocycles. The number of nitrogens with zero attached hydrogens (tertiary/aromatic N) is 1. The van der Waals surface area contributed by atoms with Crippen LogP contribution in [-0.2, 0) is 21.3 Å². The van der Waals surface area contributed by atoms with Crippen LogP contribution in [0.1, 0.15) is 62.5 Å². The van der Waals surface area contributed by atoms with Gasteiger partial charge in [0.1, 0.15) is 0 Å². The van der Waals surface area contributed by atoms with E-state index in [2.05, 4.69) is 94.9 Å². The molecule has 1 aliphatic carbocycles. The maximum atomic E-state index is 10.6. The van der Waals surface area contributed by atoms with Crippen molar-refractivity contribution in [3.05, 3.63) is 71.3 Å². The molecule has 200 valence electrons. The summed E-state index contributed by atoms with van der Waals surface area (Å²) in [6, 6.07) is 20.6. The number of unbranched alkanes of at least 4 members (excludes halogenated alkanes) is 1. The predicted octanol–water partition coefficient (Wildman–Crippen LogP) is 5.52. The van der Waals surface area contributed by atoms with E-state index in [0.29, 0.717) is 18.0 Å². The van der Waals surface area contributed by atoms with Gasteiger partial charge in [-0.3, -0.25) is 4.67 Å². The number of fused-ring (bicyclic) bond motifs is 6. The van der Waals surface area contributed by atoms with Crippen molar-refractivity contribution in [1.29, 1.82) is 0 Å². The molecule has 5 unspecified atom stereocenters. The molecular formula is C30H43N2O3PSi. The first-order valence-corrected chi connectivity index (χ1v) is 17.5. The normalized spacial score (nSPS) is 35.2. The van der Waals surface area contributed by atoms with E-state index in [9.17, 15) is 4.80 Å². The van der Waals surface area contributed by atoms with Gasteiger partial charge in [0.15, 0.2) is 20.4 Å². The molecule has 4 aliphatic rings. The van der Waals surface area contributed by atoms with E-state index in [1.54, 1.807) is 0 Å². The van der Waals surface area contributed by atoms with Crippen LogP contribution in [0.4, 0.5) is 0 Å². The van der Waals surface area contributed by atoms with E-state index in [-0.39, 0.29) is 16.7 Å². The van der Waals surface area contributed by atoms with Crippen LogP contribution in [0.25, 0.3) is 0 Å². The smallest absolute Gasteiger partial charge is 0.190 e. The molecule has 2 bridgehead atoms. The van der Waals surface area contributed by atoms with Crippen molar-refractivity contribution in [3.63, 3.8) is 0 Å². The van der Waals surface area contributed by atoms with Crippen molar-refractivity contribution >= 4 is 17.7 Å². The first kappa shape index (κ1) is 26.1. The summed E-state index contributed by atoms with van der Waals surface area (Å²) in [4.78, 5) is 10.6. The molecule has 1 saturated carbocycles. The molecule has 2 aromatic carbocycles. The SMILES string of the molecule is CC(C)(CCCCc1ccc(C23CC4CNCC(C2C32OC(c3ccccc3)O2)N4P)cc1)[Si](C)(C)O. The molecule has 7 heteroatoms. The fourth-order valence-corrected chi connectivity index (χ4v) is 8.45. The number of hydrogen-bond acceptors (Lipinski definition) is 5. The van der Waals surface area contributed by atoms with Crippen LogP contribution in [0.5, 0.6) is 0 Å². The summed E-state index contributed by atoms with van der Waals surface area (Å²) in [5, 5.41) is 3.71. The van der Waals surface area contributed by atoms with Gasteiger partial charge in [-0.25, -0.2) is 0 Å². The lowest BCUT2D eigenvalue weighted by atomic mass is 9.79. The van der Waals surface area contributed by atoms with E-state index >= 15 is 0 Å². The fraction of sp³-hybridized carbons (Fsp3) is 0.600.